The van der Waals surface area contributed by atoms with E-state index in [1.807, 2.05) is 18.2 Å². The van der Waals surface area contributed by atoms with Gasteiger partial charge >= 0.3 is 0 Å². The van der Waals surface area contributed by atoms with Gasteiger partial charge in [-0.05, 0) is 44.4 Å². The summed E-state index contributed by atoms with van der Waals surface area (Å²) in [7, 11) is 3.24. The molecular weight excluding hydrogens is 358 g/mol. The van der Waals surface area contributed by atoms with Gasteiger partial charge in [0.25, 0.3) is 5.91 Å². The monoisotopic (exact) mass is 383 g/mol. The van der Waals surface area contributed by atoms with Crippen LogP contribution < -0.4 is 9.47 Å². The molecule has 0 spiro atoms. The number of nitrogens with zero attached hydrogens (tertiary/aromatic N) is 1. The highest BCUT2D eigenvalue weighted by atomic mass is 16.5. The number of amides is 1. The summed E-state index contributed by atoms with van der Waals surface area (Å²) in [6.07, 6.45) is 0.835. The third kappa shape index (κ3) is 4.32. The van der Waals surface area contributed by atoms with Crippen LogP contribution in [0.15, 0.2) is 34.7 Å². The Balaban J connectivity index is 1.73. The second-order valence-corrected chi connectivity index (χ2v) is 7.29. The van der Waals surface area contributed by atoms with Crippen LogP contribution in [0.2, 0.25) is 0 Å². The number of furan rings is 1. The van der Waals surface area contributed by atoms with Gasteiger partial charge in [-0.2, -0.15) is 0 Å². The number of ether oxygens (including phenoxy) is 2. The summed E-state index contributed by atoms with van der Waals surface area (Å²) in [6.45, 7) is 4.39. The maximum atomic E-state index is 12.8. The zero-order valence-electron chi connectivity index (χ0n) is 16.6. The minimum atomic E-state index is -1.12. The molecule has 1 aromatic carbocycles. The Morgan fingerprint density at radius 1 is 1.25 bits per heavy atom. The maximum Gasteiger partial charge on any atom is 0.289 e. The van der Waals surface area contributed by atoms with Crippen LogP contribution in [0.1, 0.15) is 48.1 Å². The van der Waals surface area contributed by atoms with E-state index in [0.717, 1.165) is 12.0 Å². The smallest absolute Gasteiger partial charge is 0.289 e. The van der Waals surface area contributed by atoms with E-state index in [9.17, 15) is 9.90 Å². The topological polar surface area (TPSA) is 72.1 Å². The molecule has 0 radical (unpaired) electrons. The normalized spacial score (nSPS) is 16.5. The first-order valence-electron chi connectivity index (χ1n) is 9.18. The van der Waals surface area contributed by atoms with Crippen molar-refractivity contribution < 1.29 is 23.8 Å². The van der Waals surface area contributed by atoms with Crippen molar-refractivity contribution in [3.05, 3.63) is 47.4 Å². The van der Waals surface area contributed by atoms with E-state index in [2.05, 4.69) is 11.8 Å². The third-order valence-electron chi connectivity index (χ3n) is 4.66. The van der Waals surface area contributed by atoms with Gasteiger partial charge in [0, 0.05) is 24.6 Å². The number of hydrogen-bond acceptors (Lipinski definition) is 5. The fourth-order valence-electron chi connectivity index (χ4n) is 3.32. The summed E-state index contributed by atoms with van der Waals surface area (Å²) < 4.78 is 16.5. The number of rotatable bonds is 4. The van der Waals surface area contributed by atoms with Crippen molar-refractivity contribution in [2.24, 2.45) is 0 Å². The molecule has 1 amide bonds. The molecule has 0 bridgehead atoms. The highest BCUT2D eigenvalue weighted by Gasteiger charge is 2.31. The number of hydrogen-bond donors (Lipinski definition) is 1. The van der Waals surface area contributed by atoms with E-state index in [-0.39, 0.29) is 17.6 Å². The minimum absolute atomic E-state index is 0.165. The molecule has 0 saturated carbocycles. The first-order valence-corrected chi connectivity index (χ1v) is 9.18. The van der Waals surface area contributed by atoms with E-state index in [1.165, 1.54) is 0 Å². The fourth-order valence-corrected chi connectivity index (χ4v) is 3.32. The van der Waals surface area contributed by atoms with Crippen molar-refractivity contribution in [1.82, 2.24) is 4.90 Å². The standard InChI is InChI=1S/C22H25NO5/c1-22(2,25)12-10-16-8-9-19(28-16)21(24)23-13-11-15(14-23)17-6-5-7-18(26-3)20(17)27-4/h5-9,15,25H,11,13-14H2,1-4H3. The van der Waals surface area contributed by atoms with Crippen molar-refractivity contribution in [3.63, 3.8) is 0 Å². The highest BCUT2D eigenvalue weighted by Crippen LogP contribution is 2.39. The lowest BCUT2D eigenvalue weighted by atomic mass is 9.97. The molecular formula is C22H25NO5. The summed E-state index contributed by atoms with van der Waals surface area (Å²) in [5, 5.41) is 9.68. The second kappa shape index (κ2) is 7.99. The van der Waals surface area contributed by atoms with Gasteiger partial charge in [-0.25, -0.2) is 0 Å². The van der Waals surface area contributed by atoms with Gasteiger partial charge in [-0.3, -0.25) is 4.79 Å². The molecule has 1 saturated heterocycles. The first kappa shape index (κ1) is 19.8. The zero-order chi connectivity index (χ0) is 20.3. The summed E-state index contributed by atoms with van der Waals surface area (Å²) >= 11 is 0. The molecule has 1 unspecified atom stereocenters. The molecule has 2 aromatic rings. The predicted octanol–water partition coefficient (Wildman–Crippen LogP) is 3.05. The molecule has 148 valence electrons. The Labute approximate surface area is 165 Å². The van der Waals surface area contributed by atoms with E-state index < -0.39 is 5.60 Å². The van der Waals surface area contributed by atoms with Crippen molar-refractivity contribution >= 4 is 5.91 Å². The summed E-state index contributed by atoms with van der Waals surface area (Å²) in [5.41, 5.74) is -0.0806. The van der Waals surface area contributed by atoms with Crippen molar-refractivity contribution in [3.8, 4) is 23.3 Å². The average Bonchev–Trinajstić information content (AvgIpc) is 3.34. The van der Waals surface area contributed by atoms with Gasteiger partial charge in [0.15, 0.2) is 23.0 Å². The number of carbonyl (C=O) groups is 1. The SMILES string of the molecule is COc1cccc(C2CCN(C(=O)c3ccc(C#CC(C)(C)O)o3)C2)c1OC. The van der Waals surface area contributed by atoms with Crippen molar-refractivity contribution in [1.29, 1.82) is 0 Å². The van der Waals surface area contributed by atoms with Gasteiger partial charge in [-0.15, -0.1) is 0 Å². The van der Waals surface area contributed by atoms with E-state index in [4.69, 9.17) is 13.9 Å². The van der Waals surface area contributed by atoms with E-state index in [0.29, 0.717) is 30.3 Å². The lowest BCUT2D eigenvalue weighted by molar-refractivity contribution is 0.0758. The summed E-state index contributed by atoms with van der Waals surface area (Å²) in [4.78, 5) is 14.6. The van der Waals surface area contributed by atoms with Crippen LogP contribution in [0.25, 0.3) is 0 Å². The Morgan fingerprint density at radius 3 is 2.71 bits per heavy atom. The molecule has 0 aliphatic carbocycles. The molecule has 28 heavy (non-hydrogen) atoms. The number of methoxy groups -OCH3 is 2. The molecule has 1 aliphatic rings. The Morgan fingerprint density at radius 2 is 2.04 bits per heavy atom. The third-order valence-corrected chi connectivity index (χ3v) is 4.66. The first-order chi connectivity index (χ1) is 13.3. The molecule has 6 heteroatoms. The van der Waals surface area contributed by atoms with Gasteiger partial charge in [0.05, 0.1) is 14.2 Å². The lowest BCUT2D eigenvalue weighted by Gasteiger charge is -2.18. The molecule has 1 aromatic heterocycles. The number of para-hydroxylation sites is 1. The van der Waals surface area contributed by atoms with Crippen LogP contribution in [-0.2, 0) is 0 Å². The molecule has 1 N–H and O–H groups in total. The average molecular weight is 383 g/mol. The van der Waals surface area contributed by atoms with Crippen LogP contribution in [0.5, 0.6) is 11.5 Å². The summed E-state index contributed by atoms with van der Waals surface area (Å²) in [6, 6.07) is 9.07. The van der Waals surface area contributed by atoms with E-state index >= 15 is 0 Å². The maximum absolute atomic E-state index is 12.8. The van der Waals surface area contributed by atoms with Crippen molar-refractivity contribution in [2.45, 2.75) is 31.8 Å². The van der Waals surface area contributed by atoms with Crippen LogP contribution in [0, 0.1) is 11.8 Å². The van der Waals surface area contributed by atoms with Gasteiger partial charge in [0.2, 0.25) is 0 Å². The number of benzene rings is 1. The predicted molar refractivity (Wildman–Crippen MR) is 105 cm³/mol. The molecule has 1 atom stereocenters. The summed E-state index contributed by atoms with van der Waals surface area (Å²) in [5.74, 6) is 7.42. The molecule has 1 aliphatic heterocycles. The van der Waals surface area contributed by atoms with Gasteiger partial charge in [0.1, 0.15) is 5.60 Å². The van der Waals surface area contributed by atoms with Crippen molar-refractivity contribution in [2.75, 3.05) is 27.3 Å². The highest BCUT2D eigenvalue weighted by molar-refractivity contribution is 5.92. The number of carbonyl (C=O) groups excluding carboxylic acids is 1. The molecule has 6 nitrogen and oxygen atoms in total. The number of aliphatic hydroxyl groups is 1. The second-order valence-electron chi connectivity index (χ2n) is 7.29. The van der Waals surface area contributed by atoms with E-state index in [1.54, 1.807) is 45.1 Å². The zero-order valence-corrected chi connectivity index (χ0v) is 16.6. The minimum Gasteiger partial charge on any atom is -0.493 e. The van der Waals surface area contributed by atoms with Gasteiger partial charge < -0.3 is 23.9 Å². The molecule has 1 fully saturated rings. The fraction of sp³-hybridized carbons (Fsp3) is 0.409. The lowest BCUT2D eigenvalue weighted by Crippen LogP contribution is -2.28. The van der Waals surface area contributed by atoms with Crippen LogP contribution >= 0.6 is 0 Å². The van der Waals surface area contributed by atoms with Crippen LogP contribution in [0.4, 0.5) is 0 Å². The molecule has 2 heterocycles. The van der Waals surface area contributed by atoms with Gasteiger partial charge in [-0.1, -0.05) is 18.1 Å². The van der Waals surface area contributed by atoms with Crippen LogP contribution in [-0.4, -0.2) is 48.8 Å². The number of likely N-dealkylation sites (tertiary alicyclic amines) is 1. The largest absolute Gasteiger partial charge is 0.493 e. The Bertz CT molecular complexity index is 913. The quantitative estimate of drug-likeness (QED) is 0.822. The Kier molecular flexibility index (Phi) is 5.66. The molecule has 3 rings (SSSR count). The Hall–Kier alpha value is -2.91. The van der Waals surface area contributed by atoms with Crippen LogP contribution in [0.3, 0.4) is 0 Å².